The minimum atomic E-state index is -3.94. The van der Waals surface area contributed by atoms with Crippen LogP contribution in [0.1, 0.15) is 27.2 Å². The maximum Gasteiger partial charge on any atom is 0.354 e. The molecule has 1 aromatic heterocycles. The Morgan fingerprint density at radius 3 is 2.41 bits per heavy atom. The normalized spacial score (nSPS) is 10.9. The molecule has 0 bridgehead atoms. The van der Waals surface area contributed by atoms with E-state index in [2.05, 4.69) is 21.5 Å². The fraction of sp³-hybridized carbons (Fsp3) is 0.0769. The van der Waals surface area contributed by atoms with Crippen LogP contribution in [0.4, 0.5) is 5.69 Å². The number of pyridine rings is 1. The molecule has 2 N–H and O–H groups in total. The first-order valence-electron chi connectivity index (χ1n) is 10.2. The molecule has 7 nitrogen and oxygen atoms in total. The highest BCUT2D eigenvalue weighted by Crippen LogP contribution is 2.32. The van der Waals surface area contributed by atoms with Gasteiger partial charge in [-0.3, -0.25) is 4.72 Å². The lowest BCUT2D eigenvalue weighted by molar-refractivity contribution is 0.0689. The smallest absolute Gasteiger partial charge is 0.354 e. The molecule has 0 aliphatic carbocycles. The van der Waals surface area contributed by atoms with Gasteiger partial charge in [0, 0.05) is 28.1 Å². The maximum atomic E-state index is 13.3. The Morgan fingerprint density at radius 2 is 1.71 bits per heavy atom. The Morgan fingerprint density at radius 1 is 1.00 bits per heavy atom. The molecule has 0 radical (unpaired) electrons. The second-order valence-corrected chi connectivity index (χ2v) is 9.06. The zero-order valence-corrected chi connectivity index (χ0v) is 19.2. The van der Waals surface area contributed by atoms with E-state index in [-0.39, 0.29) is 10.6 Å². The van der Waals surface area contributed by atoms with Crippen molar-refractivity contribution in [2.45, 2.75) is 11.8 Å². The van der Waals surface area contributed by atoms with E-state index in [9.17, 15) is 13.2 Å². The molecule has 0 unspecified atom stereocenters. The molecule has 0 spiro atoms. The maximum absolute atomic E-state index is 13.3. The average Bonchev–Trinajstić information content (AvgIpc) is 2.82. The van der Waals surface area contributed by atoms with Gasteiger partial charge in [-0.1, -0.05) is 48.2 Å². The average molecular weight is 473 g/mol. The second-order valence-electron chi connectivity index (χ2n) is 7.41. The third-order valence-corrected chi connectivity index (χ3v) is 6.57. The first-order chi connectivity index (χ1) is 16.3. The van der Waals surface area contributed by atoms with Crippen molar-refractivity contribution in [3.63, 3.8) is 0 Å². The molecule has 0 atom stereocenters. The van der Waals surface area contributed by atoms with E-state index < -0.39 is 16.0 Å². The van der Waals surface area contributed by atoms with Gasteiger partial charge in [0.1, 0.15) is 5.75 Å². The van der Waals surface area contributed by atoms with Crippen LogP contribution in [-0.2, 0) is 10.0 Å². The number of carboxylic acid groups (broad SMARTS) is 1. The number of hydrogen-bond acceptors (Lipinski definition) is 5. The fourth-order valence-electron chi connectivity index (χ4n) is 3.54. The van der Waals surface area contributed by atoms with Crippen LogP contribution >= 0.6 is 0 Å². The summed E-state index contributed by atoms with van der Waals surface area (Å²) in [4.78, 5) is 15.2. The van der Waals surface area contributed by atoms with Gasteiger partial charge in [-0.2, -0.15) is 0 Å². The summed E-state index contributed by atoms with van der Waals surface area (Å²) in [6.07, 6.45) is 1.37. The van der Waals surface area contributed by atoms with Gasteiger partial charge in [0.2, 0.25) is 0 Å². The number of carboxylic acids is 1. The molecule has 1 heterocycles. The fourth-order valence-corrected chi connectivity index (χ4v) is 4.84. The van der Waals surface area contributed by atoms with Crippen LogP contribution in [0.2, 0.25) is 0 Å². The van der Waals surface area contributed by atoms with Crippen LogP contribution in [0.25, 0.3) is 10.8 Å². The molecule has 0 aliphatic heterocycles. The summed E-state index contributed by atoms with van der Waals surface area (Å²) < 4.78 is 34.6. The quantitative estimate of drug-likeness (QED) is 0.416. The van der Waals surface area contributed by atoms with Crippen molar-refractivity contribution in [3.8, 4) is 17.6 Å². The Labute approximate surface area is 197 Å². The first kappa shape index (κ1) is 22.8. The lowest BCUT2D eigenvalue weighted by Crippen LogP contribution is -2.14. The van der Waals surface area contributed by atoms with Crippen LogP contribution in [0.3, 0.4) is 0 Å². The molecule has 8 heteroatoms. The van der Waals surface area contributed by atoms with Crippen molar-refractivity contribution < 1.29 is 23.1 Å². The summed E-state index contributed by atoms with van der Waals surface area (Å²) in [5.74, 6) is 5.35. The molecule has 0 fully saturated rings. The van der Waals surface area contributed by atoms with Crippen LogP contribution in [0.5, 0.6) is 5.75 Å². The second kappa shape index (κ2) is 9.25. The third kappa shape index (κ3) is 4.56. The lowest BCUT2D eigenvalue weighted by atomic mass is 10.1. The number of hydrogen-bond donors (Lipinski definition) is 2. The zero-order chi connectivity index (χ0) is 24.3. The highest BCUT2D eigenvalue weighted by atomic mass is 32.2. The molecule has 0 saturated heterocycles. The van der Waals surface area contributed by atoms with Gasteiger partial charge >= 0.3 is 5.97 Å². The molecule has 0 amide bonds. The Kier molecular flexibility index (Phi) is 6.21. The molecule has 170 valence electrons. The molecule has 4 aromatic rings. The van der Waals surface area contributed by atoms with E-state index in [0.717, 1.165) is 0 Å². The largest absolute Gasteiger partial charge is 0.496 e. The Balaban J connectivity index is 1.70. The number of benzene rings is 3. The predicted molar refractivity (Wildman–Crippen MR) is 130 cm³/mol. The number of aromatic nitrogens is 1. The monoisotopic (exact) mass is 472 g/mol. The summed E-state index contributed by atoms with van der Waals surface area (Å²) >= 11 is 0. The number of rotatable bonds is 5. The number of sulfonamides is 1. The van der Waals surface area contributed by atoms with Crippen molar-refractivity contribution in [1.29, 1.82) is 0 Å². The number of ether oxygens (including phenoxy) is 1. The zero-order valence-electron chi connectivity index (χ0n) is 18.4. The first-order valence-corrected chi connectivity index (χ1v) is 11.7. The van der Waals surface area contributed by atoms with Crippen molar-refractivity contribution in [1.82, 2.24) is 4.98 Å². The Bertz CT molecular complexity index is 1580. The number of anilines is 1. The molecule has 34 heavy (non-hydrogen) atoms. The highest BCUT2D eigenvalue weighted by molar-refractivity contribution is 7.93. The summed E-state index contributed by atoms with van der Waals surface area (Å²) in [7, 11) is -2.41. The Hall–Kier alpha value is -4.35. The third-order valence-electron chi connectivity index (χ3n) is 5.15. The van der Waals surface area contributed by atoms with Crippen LogP contribution < -0.4 is 9.46 Å². The number of aryl methyl sites for hydroxylation is 1. The molecular formula is C26H20N2O5S. The minimum Gasteiger partial charge on any atom is -0.496 e. The van der Waals surface area contributed by atoms with Crippen LogP contribution in [0, 0.1) is 18.8 Å². The van der Waals surface area contributed by atoms with Crippen molar-refractivity contribution in [3.05, 3.63) is 95.3 Å². The van der Waals surface area contributed by atoms with Crippen LogP contribution in [0.15, 0.2) is 77.8 Å². The van der Waals surface area contributed by atoms with Crippen LogP contribution in [-0.4, -0.2) is 31.6 Å². The van der Waals surface area contributed by atoms with Gasteiger partial charge in [0.05, 0.1) is 17.7 Å². The molecule has 0 aliphatic rings. The number of para-hydroxylation sites is 1. The van der Waals surface area contributed by atoms with Crippen molar-refractivity contribution in [2.75, 3.05) is 11.8 Å². The van der Waals surface area contributed by atoms with E-state index in [1.165, 1.54) is 19.4 Å². The molecule has 4 rings (SSSR count). The SMILES string of the molecule is COc1ccc(S(=O)(=O)Nc2ccccc2C#Cc2cnc(C(=O)O)c(C)c2)c2ccccc12. The van der Waals surface area contributed by atoms with E-state index in [4.69, 9.17) is 9.84 Å². The van der Waals surface area contributed by atoms with Crippen molar-refractivity contribution in [2.24, 2.45) is 0 Å². The number of nitrogens with zero attached hydrogens (tertiary/aromatic N) is 1. The number of fused-ring (bicyclic) bond motifs is 1. The lowest BCUT2D eigenvalue weighted by Gasteiger charge is -2.13. The predicted octanol–water partition coefficient (Wildman–Crippen LogP) is 4.45. The van der Waals surface area contributed by atoms with E-state index in [1.54, 1.807) is 61.5 Å². The van der Waals surface area contributed by atoms with E-state index >= 15 is 0 Å². The molecular weight excluding hydrogens is 452 g/mol. The van der Waals surface area contributed by atoms with E-state index in [0.29, 0.717) is 38.9 Å². The van der Waals surface area contributed by atoms with Gasteiger partial charge < -0.3 is 9.84 Å². The molecule has 3 aromatic carbocycles. The number of nitrogens with one attached hydrogen (secondary N) is 1. The highest BCUT2D eigenvalue weighted by Gasteiger charge is 2.20. The van der Waals surface area contributed by atoms with Gasteiger partial charge in [-0.05, 0) is 42.8 Å². The topological polar surface area (TPSA) is 106 Å². The number of aromatic carboxylic acids is 1. The summed E-state index contributed by atoms with van der Waals surface area (Å²) in [6.45, 7) is 1.64. The van der Waals surface area contributed by atoms with Gasteiger partial charge in [0.25, 0.3) is 10.0 Å². The van der Waals surface area contributed by atoms with Gasteiger partial charge in [-0.15, -0.1) is 0 Å². The summed E-state index contributed by atoms with van der Waals surface area (Å²) in [6, 6.07) is 18.7. The summed E-state index contributed by atoms with van der Waals surface area (Å²) in [5, 5.41) is 10.4. The molecule has 0 saturated carbocycles. The standard InChI is InChI=1S/C26H20N2O5S/c1-17-15-18(16-27-25(17)26(29)30)11-12-19-7-3-6-10-22(19)28-34(31,32)24-14-13-23(33-2)20-8-4-5-9-21(20)24/h3-10,13-16,28H,1-2H3,(H,29,30). The van der Waals surface area contributed by atoms with Gasteiger partial charge in [0.15, 0.2) is 5.69 Å². The van der Waals surface area contributed by atoms with E-state index in [1.807, 2.05) is 6.07 Å². The van der Waals surface area contributed by atoms with Gasteiger partial charge in [-0.25, -0.2) is 18.2 Å². The summed E-state index contributed by atoms with van der Waals surface area (Å²) in [5.41, 5.74) is 1.75. The number of methoxy groups -OCH3 is 1. The minimum absolute atomic E-state index is 0.0366. The number of carbonyl (C=O) groups is 1. The van der Waals surface area contributed by atoms with Crippen molar-refractivity contribution >= 4 is 32.5 Å².